The van der Waals surface area contributed by atoms with Crippen LogP contribution in [0.15, 0.2) is 36.3 Å². The van der Waals surface area contributed by atoms with Crippen LogP contribution in [0.2, 0.25) is 0 Å². The van der Waals surface area contributed by atoms with Crippen LogP contribution in [0, 0.1) is 5.92 Å². The van der Waals surface area contributed by atoms with E-state index < -0.39 is 0 Å². The van der Waals surface area contributed by atoms with Gasteiger partial charge < -0.3 is 14.2 Å². The van der Waals surface area contributed by atoms with Crippen LogP contribution in [-0.2, 0) is 20.7 Å². The number of unbranched alkanes of at least 4 members (excludes halogenated alkanes) is 3. The normalized spacial score (nSPS) is 24.7. The molecule has 2 aliphatic rings. The molecule has 148 valence electrons. The summed E-state index contributed by atoms with van der Waals surface area (Å²) < 4.78 is 17.7. The molecule has 27 heavy (non-hydrogen) atoms. The Kier molecular flexibility index (Phi) is 7.33. The highest BCUT2D eigenvalue weighted by atomic mass is 16.5. The SMILES string of the molecule is CCCCCCOC1CCC2C(=O)C(Oc3ccc(CC)cc3)=COC2C1. The number of fused-ring (bicyclic) bond motifs is 1. The molecule has 1 heterocycles. The molecule has 1 aromatic carbocycles. The fourth-order valence-corrected chi connectivity index (χ4v) is 3.86. The van der Waals surface area contributed by atoms with E-state index in [2.05, 4.69) is 13.8 Å². The lowest BCUT2D eigenvalue weighted by molar-refractivity contribution is -0.133. The molecule has 4 heteroatoms. The predicted molar refractivity (Wildman–Crippen MR) is 106 cm³/mol. The standard InChI is InChI=1S/C23H32O4/c1-3-5-6-7-14-25-19-12-13-20-21(15-19)26-16-22(23(20)24)27-18-10-8-17(4-2)9-11-18/h8-11,16,19-21H,3-7,12-15H2,1-2H3. The largest absolute Gasteiger partial charge is 0.493 e. The van der Waals surface area contributed by atoms with E-state index in [1.54, 1.807) is 0 Å². The minimum Gasteiger partial charge on any atom is -0.493 e. The number of carbonyl (C=O) groups excluding carboxylic acids is 1. The molecule has 0 radical (unpaired) electrons. The summed E-state index contributed by atoms with van der Waals surface area (Å²) in [7, 11) is 0. The molecule has 3 rings (SSSR count). The Balaban J connectivity index is 1.50. The monoisotopic (exact) mass is 372 g/mol. The van der Waals surface area contributed by atoms with Gasteiger partial charge >= 0.3 is 0 Å². The van der Waals surface area contributed by atoms with Gasteiger partial charge in [-0.25, -0.2) is 0 Å². The Morgan fingerprint density at radius 3 is 2.63 bits per heavy atom. The Morgan fingerprint density at radius 1 is 1.07 bits per heavy atom. The molecule has 1 saturated carbocycles. The molecular formula is C23H32O4. The number of benzene rings is 1. The van der Waals surface area contributed by atoms with Gasteiger partial charge in [0.25, 0.3) is 0 Å². The number of aryl methyl sites for hydroxylation is 1. The highest BCUT2D eigenvalue weighted by Crippen LogP contribution is 2.35. The van der Waals surface area contributed by atoms with Gasteiger partial charge in [0.05, 0.1) is 12.0 Å². The summed E-state index contributed by atoms with van der Waals surface area (Å²) in [4.78, 5) is 12.8. The molecule has 0 spiro atoms. The molecule has 1 fully saturated rings. The third kappa shape index (κ3) is 5.35. The molecule has 3 atom stereocenters. The van der Waals surface area contributed by atoms with Crippen LogP contribution < -0.4 is 4.74 Å². The maximum absolute atomic E-state index is 12.8. The van der Waals surface area contributed by atoms with Crippen LogP contribution in [0.1, 0.15) is 64.4 Å². The van der Waals surface area contributed by atoms with Crippen molar-refractivity contribution in [3.05, 3.63) is 41.9 Å². The van der Waals surface area contributed by atoms with Crippen molar-refractivity contribution in [3.63, 3.8) is 0 Å². The summed E-state index contributed by atoms with van der Waals surface area (Å²) in [6.45, 7) is 5.14. The Bertz CT molecular complexity index is 634. The van der Waals surface area contributed by atoms with Crippen molar-refractivity contribution in [1.82, 2.24) is 0 Å². The van der Waals surface area contributed by atoms with Crippen molar-refractivity contribution in [3.8, 4) is 5.75 Å². The van der Waals surface area contributed by atoms with Crippen LogP contribution >= 0.6 is 0 Å². The van der Waals surface area contributed by atoms with Crippen molar-refractivity contribution >= 4 is 5.78 Å². The second-order valence-corrected chi connectivity index (χ2v) is 7.59. The number of allylic oxidation sites excluding steroid dienone is 1. The first-order valence-corrected chi connectivity index (χ1v) is 10.5. The van der Waals surface area contributed by atoms with E-state index in [9.17, 15) is 4.79 Å². The number of ketones is 1. The van der Waals surface area contributed by atoms with Gasteiger partial charge in [-0.2, -0.15) is 0 Å². The van der Waals surface area contributed by atoms with Gasteiger partial charge in [0.15, 0.2) is 0 Å². The Morgan fingerprint density at radius 2 is 1.89 bits per heavy atom. The van der Waals surface area contributed by atoms with E-state index in [0.717, 1.165) is 38.7 Å². The van der Waals surface area contributed by atoms with E-state index >= 15 is 0 Å². The van der Waals surface area contributed by atoms with Gasteiger partial charge in [0.1, 0.15) is 18.1 Å². The molecule has 0 N–H and O–H groups in total. The quantitative estimate of drug-likeness (QED) is 0.559. The van der Waals surface area contributed by atoms with Crippen molar-refractivity contribution in [1.29, 1.82) is 0 Å². The summed E-state index contributed by atoms with van der Waals surface area (Å²) in [5.74, 6) is 0.949. The third-order valence-corrected chi connectivity index (χ3v) is 5.58. The summed E-state index contributed by atoms with van der Waals surface area (Å²) in [5, 5.41) is 0. The zero-order valence-electron chi connectivity index (χ0n) is 16.6. The number of ether oxygens (including phenoxy) is 3. The molecule has 1 aliphatic heterocycles. The lowest BCUT2D eigenvalue weighted by atomic mass is 9.80. The first-order valence-electron chi connectivity index (χ1n) is 10.5. The van der Waals surface area contributed by atoms with E-state index in [0.29, 0.717) is 11.5 Å². The van der Waals surface area contributed by atoms with E-state index in [1.165, 1.54) is 31.1 Å². The second kappa shape index (κ2) is 9.93. The van der Waals surface area contributed by atoms with Gasteiger partial charge in [0.2, 0.25) is 11.5 Å². The highest BCUT2D eigenvalue weighted by Gasteiger charge is 2.41. The highest BCUT2D eigenvalue weighted by molar-refractivity contribution is 5.96. The van der Waals surface area contributed by atoms with E-state index in [1.807, 2.05) is 24.3 Å². The molecule has 0 bridgehead atoms. The first-order chi connectivity index (χ1) is 13.2. The summed E-state index contributed by atoms with van der Waals surface area (Å²) in [6, 6.07) is 7.86. The third-order valence-electron chi connectivity index (χ3n) is 5.58. The lowest BCUT2D eigenvalue weighted by Crippen LogP contribution is -2.42. The molecule has 0 saturated heterocycles. The minimum atomic E-state index is -0.111. The van der Waals surface area contributed by atoms with Crippen LogP contribution in [-0.4, -0.2) is 24.6 Å². The summed E-state index contributed by atoms with van der Waals surface area (Å²) in [5.41, 5.74) is 1.25. The lowest BCUT2D eigenvalue weighted by Gasteiger charge is -2.37. The summed E-state index contributed by atoms with van der Waals surface area (Å²) >= 11 is 0. The minimum absolute atomic E-state index is 0.0622. The fraction of sp³-hybridized carbons (Fsp3) is 0.609. The fourth-order valence-electron chi connectivity index (χ4n) is 3.86. The topological polar surface area (TPSA) is 44.8 Å². The van der Waals surface area contributed by atoms with Crippen LogP contribution in [0.25, 0.3) is 0 Å². The number of hydrogen-bond donors (Lipinski definition) is 0. The zero-order valence-corrected chi connectivity index (χ0v) is 16.6. The van der Waals surface area contributed by atoms with Crippen LogP contribution in [0.5, 0.6) is 5.75 Å². The van der Waals surface area contributed by atoms with E-state index in [4.69, 9.17) is 14.2 Å². The van der Waals surface area contributed by atoms with Gasteiger partial charge in [-0.05, 0) is 43.4 Å². The van der Waals surface area contributed by atoms with Crippen LogP contribution in [0.3, 0.4) is 0 Å². The number of carbonyl (C=O) groups is 1. The Labute approximate surface area is 162 Å². The molecule has 1 aliphatic carbocycles. The van der Waals surface area contributed by atoms with Gasteiger partial charge in [-0.3, -0.25) is 4.79 Å². The number of rotatable bonds is 9. The second-order valence-electron chi connectivity index (χ2n) is 7.59. The zero-order chi connectivity index (χ0) is 19.1. The molecule has 0 amide bonds. The summed E-state index contributed by atoms with van der Waals surface area (Å²) in [6.07, 6.45) is 9.98. The number of hydrogen-bond acceptors (Lipinski definition) is 4. The maximum Gasteiger partial charge on any atom is 0.207 e. The molecule has 1 aromatic rings. The first kappa shape index (κ1) is 19.9. The van der Waals surface area contributed by atoms with Crippen molar-refractivity contribution in [2.75, 3.05) is 6.61 Å². The van der Waals surface area contributed by atoms with Crippen LogP contribution in [0.4, 0.5) is 0 Å². The predicted octanol–water partition coefficient (Wildman–Crippen LogP) is 5.20. The average molecular weight is 373 g/mol. The molecular weight excluding hydrogens is 340 g/mol. The van der Waals surface area contributed by atoms with Gasteiger partial charge in [-0.15, -0.1) is 0 Å². The molecule has 4 nitrogen and oxygen atoms in total. The van der Waals surface area contributed by atoms with Crippen molar-refractivity contribution in [2.24, 2.45) is 5.92 Å². The van der Waals surface area contributed by atoms with Crippen molar-refractivity contribution in [2.45, 2.75) is 77.4 Å². The molecule has 3 unspecified atom stereocenters. The Hall–Kier alpha value is -1.81. The van der Waals surface area contributed by atoms with Gasteiger partial charge in [0, 0.05) is 13.0 Å². The van der Waals surface area contributed by atoms with Gasteiger partial charge in [-0.1, -0.05) is 45.2 Å². The van der Waals surface area contributed by atoms with Crippen molar-refractivity contribution < 1.29 is 19.0 Å². The smallest absolute Gasteiger partial charge is 0.207 e. The van der Waals surface area contributed by atoms with E-state index in [-0.39, 0.29) is 23.9 Å². The maximum atomic E-state index is 12.8. The molecule has 0 aromatic heterocycles. The average Bonchev–Trinajstić information content (AvgIpc) is 2.70. The number of Topliss-reactive ketones (excluding diaryl/α,β-unsaturated/α-hetero) is 1.